The maximum Gasteiger partial charge on any atom is 0.348 e. The van der Waals surface area contributed by atoms with E-state index in [-0.39, 0.29) is 5.75 Å². The standard InChI is InChI=1S/C8H3BrFNO3/c1-2-14-7-4-5(9)3-6(10)8(7)11(12)13/h1,3-4H. The molecule has 1 aromatic rings. The van der Waals surface area contributed by atoms with Crippen molar-refractivity contribution in [2.24, 2.45) is 0 Å². The van der Waals surface area contributed by atoms with Gasteiger partial charge in [-0.15, -0.1) is 0 Å². The van der Waals surface area contributed by atoms with Gasteiger partial charge in [0.15, 0.2) is 0 Å². The molecular formula is C8H3BrFNO3. The third-order valence-electron chi connectivity index (χ3n) is 1.34. The van der Waals surface area contributed by atoms with Gasteiger partial charge in [-0.05, 0) is 6.07 Å². The summed E-state index contributed by atoms with van der Waals surface area (Å²) in [6, 6.07) is 2.18. The Hall–Kier alpha value is -1.61. The highest BCUT2D eigenvalue weighted by atomic mass is 79.9. The van der Waals surface area contributed by atoms with Crippen molar-refractivity contribution < 1.29 is 14.1 Å². The first-order valence-electron chi connectivity index (χ1n) is 3.32. The molecule has 0 heterocycles. The Labute approximate surface area is 87.0 Å². The van der Waals surface area contributed by atoms with Gasteiger partial charge in [0.25, 0.3) is 0 Å². The lowest BCUT2D eigenvalue weighted by atomic mass is 10.3. The second-order valence-electron chi connectivity index (χ2n) is 2.21. The van der Waals surface area contributed by atoms with E-state index in [1.165, 1.54) is 6.07 Å². The molecule has 0 unspecified atom stereocenters. The third-order valence-corrected chi connectivity index (χ3v) is 1.80. The van der Waals surface area contributed by atoms with Gasteiger partial charge in [0, 0.05) is 10.5 Å². The SMILES string of the molecule is C#COc1cc(Br)cc(F)c1[N+](=O)[O-]. The summed E-state index contributed by atoms with van der Waals surface area (Å²) in [5.74, 6) is -1.31. The van der Waals surface area contributed by atoms with Crippen LogP contribution in [0.5, 0.6) is 5.75 Å². The third kappa shape index (κ3) is 2.00. The Balaban J connectivity index is 3.38. The van der Waals surface area contributed by atoms with Gasteiger partial charge in [-0.3, -0.25) is 10.1 Å². The fourth-order valence-corrected chi connectivity index (χ4v) is 1.27. The molecule has 0 fully saturated rings. The van der Waals surface area contributed by atoms with Gasteiger partial charge in [-0.25, -0.2) is 0 Å². The number of rotatable bonds is 2. The van der Waals surface area contributed by atoms with Crippen molar-refractivity contribution in [1.29, 1.82) is 0 Å². The molecule has 0 saturated heterocycles. The van der Waals surface area contributed by atoms with Crippen LogP contribution in [0.15, 0.2) is 16.6 Å². The zero-order valence-corrected chi connectivity index (χ0v) is 8.25. The van der Waals surface area contributed by atoms with Crippen LogP contribution in [-0.2, 0) is 0 Å². The largest absolute Gasteiger partial charge is 0.400 e. The van der Waals surface area contributed by atoms with Crippen molar-refractivity contribution in [3.8, 4) is 18.3 Å². The Bertz CT molecular complexity index is 427. The van der Waals surface area contributed by atoms with Crippen molar-refractivity contribution in [3.05, 3.63) is 32.5 Å². The maximum absolute atomic E-state index is 13.1. The Morgan fingerprint density at radius 1 is 1.64 bits per heavy atom. The molecule has 0 spiro atoms. The lowest BCUT2D eigenvalue weighted by Crippen LogP contribution is -1.96. The van der Waals surface area contributed by atoms with E-state index in [1.807, 2.05) is 0 Å². The lowest BCUT2D eigenvalue weighted by molar-refractivity contribution is -0.388. The Morgan fingerprint density at radius 2 is 2.29 bits per heavy atom. The van der Waals surface area contributed by atoms with Crippen LogP contribution in [0.1, 0.15) is 0 Å². The number of nitro benzene ring substituents is 1. The summed E-state index contributed by atoms with van der Waals surface area (Å²) in [5.41, 5.74) is -0.772. The highest BCUT2D eigenvalue weighted by Gasteiger charge is 2.22. The zero-order valence-electron chi connectivity index (χ0n) is 6.66. The molecule has 0 amide bonds. The lowest BCUT2D eigenvalue weighted by Gasteiger charge is -2.01. The van der Waals surface area contributed by atoms with Gasteiger partial charge < -0.3 is 4.74 Å². The molecule has 0 N–H and O–H groups in total. The van der Waals surface area contributed by atoms with Crippen LogP contribution in [-0.4, -0.2) is 4.92 Å². The van der Waals surface area contributed by atoms with E-state index in [2.05, 4.69) is 20.7 Å². The molecule has 0 atom stereocenters. The van der Waals surface area contributed by atoms with Crippen LogP contribution in [0.2, 0.25) is 0 Å². The van der Waals surface area contributed by atoms with E-state index in [9.17, 15) is 14.5 Å². The summed E-state index contributed by atoms with van der Waals surface area (Å²) in [6.07, 6.45) is 6.54. The maximum atomic E-state index is 13.1. The van der Waals surface area contributed by atoms with E-state index in [0.29, 0.717) is 4.47 Å². The smallest absolute Gasteiger partial charge is 0.348 e. The number of nitro groups is 1. The number of nitrogens with zero attached hydrogens (tertiary/aromatic N) is 1. The molecule has 0 aliphatic heterocycles. The number of halogens is 2. The first-order valence-corrected chi connectivity index (χ1v) is 4.11. The van der Waals surface area contributed by atoms with E-state index >= 15 is 0 Å². The highest BCUT2D eigenvalue weighted by Crippen LogP contribution is 2.33. The molecule has 0 aliphatic carbocycles. The molecule has 0 bridgehead atoms. The number of benzene rings is 1. The van der Waals surface area contributed by atoms with Crippen LogP contribution in [0.3, 0.4) is 0 Å². The van der Waals surface area contributed by atoms with Crippen molar-refractivity contribution in [2.75, 3.05) is 0 Å². The van der Waals surface area contributed by atoms with Crippen LogP contribution in [0.4, 0.5) is 10.1 Å². The molecule has 6 heteroatoms. The molecule has 1 aromatic carbocycles. The average Bonchev–Trinajstić information content (AvgIpc) is 2.01. The van der Waals surface area contributed by atoms with Crippen LogP contribution < -0.4 is 4.74 Å². The van der Waals surface area contributed by atoms with Crippen LogP contribution in [0, 0.1) is 28.5 Å². The van der Waals surface area contributed by atoms with Crippen molar-refractivity contribution in [3.63, 3.8) is 0 Å². The van der Waals surface area contributed by atoms with Gasteiger partial charge in [-0.1, -0.05) is 22.4 Å². The van der Waals surface area contributed by atoms with Gasteiger partial charge in [0.1, 0.15) is 6.11 Å². The molecular weight excluding hydrogens is 257 g/mol. The van der Waals surface area contributed by atoms with E-state index < -0.39 is 16.4 Å². The predicted octanol–water partition coefficient (Wildman–Crippen LogP) is 2.47. The first-order chi connectivity index (χ1) is 6.56. The van der Waals surface area contributed by atoms with E-state index in [4.69, 9.17) is 6.42 Å². The molecule has 0 aromatic heterocycles. The summed E-state index contributed by atoms with van der Waals surface area (Å²) in [7, 11) is 0. The molecule has 0 radical (unpaired) electrons. The van der Waals surface area contributed by atoms with Gasteiger partial charge in [0.05, 0.1) is 4.92 Å². The highest BCUT2D eigenvalue weighted by molar-refractivity contribution is 9.10. The van der Waals surface area contributed by atoms with Crippen molar-refractivity contribution in [2.45, 2.75) is 0 Å². The Morgan fingerprint density at radius 3 is 2.79 bits per heavy atom. The van der Waals surface area contributed by atoms with E-state index in [1.54, 1.807) is 6.11 Å². The molecule has 0 saturated carbocycles. The molecule has 0 aliphatic rings. The summed E-state index contributed by atoms with van der Waals surface area (Å²) in [4.78, 5) is 9.54. The summed E-state index contributed by atoms with van der Waals surface area (Å²) < 4.78 is 17.9. The molecule has 14 heavy (non-hydrogen) atoms. The van der Waals surface area contributed by atoms with Crippen LogP contribution in [0.25, 0.3) is 0 Å². The van der Waals surface area contributed by atoms with Gasteiger partial charge in [0.2, 0.25) is 11.6 Å². The van der Waals surface area contributed by atoms with Crippen molar-refractivity contribution in [1.82, 2.24) is 0 Å². The number of terminal acetylenes is 1. The molecule has 4 nitrogen and oxygen atoms in total. The second-order valence-corrected chi connectivity index (χ2v) is 3.13. The monoisotopic (exact) mass is 259 g/mol. The zero-order chi connectivity index (χ0) is 10.7. The summed E-state index contributed by atoms with van der Waals surface area (Å²) in [6.45, 7) is 0. The number of hydrogen-bond acceptors (Lipinski definition) is 3. The molecule has 1 rings (SSSR count). The summed E-state index contributed by atoms with van der Waals surface area (Å²) in [5, 5.41) is 10.4. The predicted molar refractivity (Wildman–Crippen MR) is 50.2 cm³/mol. The topological polar surface area (TPSA) is 52.4 Å². The minimum Gasteiger partial charge on any atom is -0.400 e. The average molecular weight is 260 g/mol. The summed E-state index contributed by atoms with van der Waals surface area (Å²) >= 11 is 2.96. The fraction of sp³-hybridized carbons (Fsp3) is 0. The molecule has 72 valence electrons. The fourth-order valence-electron chi connectivity index (χ4n) is 0.861. The van der Waals surface area contributed by atoms with Crippen LogP contribution >= 0.6 is 15.9 Å². The minimum atomic E-state index is -1.00. The van der Waals surface area contributed by atoms with Gasteiger partial charge >= 0.3 is 5.69 Å². The number of hydrogen-bond donors (Lipinski definition) is 0. The first kappa shape index (κ1) is 10.5. The minimum absolute atomic E-state index is 0.302. The van der Waals surface area contributed by atoms with Crippen molar-refractivity contribution >= 4 is 21.6 Å². The van der Waals surface area contributed by atoms with E-state index in [0.717, 1.165) is 6.07 Å². The second kappa shape index (κ2) is 4.07. The normalized spacial score (nSPS) is 9.21. The quantitative estimate of drug-likeness (QED) is 0.466. The number of ether oxygens (including phenoxy) is 1. The Kier molecular flexibility index (Phi) is 3.04. The van der Waals surface area contributed by atoms with Gasteiger partial charge in [-0.2, -0.15) is 4.39 Å².